The maximum atomic E-state index is 13.4. The van der Waals surface area contributed by atoms with E-state index < -0.39 is 35.2 Å². The molecule has 1 heterocycles. The van der Waals surface area contributed by atoms with Crippen LogP contribution in [-0.4, -0.2) is 64.9 Å². The second-order valence-corrected chi connectivity index (χ2v) is 11.4. The van der Waals surface area contributed by atoms with E-state index in [1.165, 1.54) is 4.90 Å². The molecule has 2 N–H and O–H groups in total. The molecule has 1 amide bonds. The molecule has 5 rings (SSSR count). The van der Waals surface area contributed by atoms with Crippen molar-refractivity contribution in [3.63, 3.8) is 0 Å². The largest absolute Gasteiger partial charge is 0.480 e. The van der Waals surface area contributed by atoms with Gasteiger partial charge in [0.25, 0.3) is 0 Å². The Morgan fingerprint density at radius 1 is 1.03 bits per heavy atom. The van der Waals surface area contributed by atoms with E-state index in [9.17, 15) is 19.5 Å². The Balaban J connectivity index is 1.37. The molecule has 2 fully saturated rings. The number of fused-ring (bicyclic) bond motifs is 3. The lowest BCUT2D eigenvalue weighted by atomic mass is 9.95. The quantitative estimate of drug-likeness (QED) is 0.543. The van der Waals surface area contributed by atoms with Crippen molar-refractivity contribution in [2.75, 3.05) is 19.7 Å². The van der Waals surface area contributed by atoms with Crippen molar-refractivity contribution < 1.29 is 29.0 Å². The van der Waals surface area contributed by atoms with Gasteiger partial charge in [0.2, 0.25) is 0 Å². The Hall–Kier alpha value is -3.39. The zero-order valence-electron chi connectivity index (χ0n) is 21.5. The molecule has 0 spiro atoms. The van der Waals surface area contributed by atoms with E-state index in [2.05, 4.69) is 17.4 Å². The lowest BCUT2D eigenvalue weighted by molar-refractivity contribution is -0.159. The average molecular weight is 507 g/mol. The molecule has 2 aromatic rings. The minimum absolute atomic E-state index is 0.0752. The molecule has 0 bridgehead atoms. The molecule has 0 aromatic heterocycles. The molecule has 2 aliphatic carbocycles. The van der Waals surface area contributed by atoms with Gasteiger partial charge in [-0.05, 0) is 68.3 Å². The van der Waals surface area contributed by atoms with Gasteiger partial charge in [0, 0.05) is 12.3 Å². The van der Waals surface area contributed by atoms with Crippen LogP contribution in [0, 0.1) is 5.92 Å². The molecule has 8 heteroatoms. The lowest BCUT2D eigenvalue weighted by Crippen LogP contribution is -2.55. The van der Waals surface area contributed by atoms with Crippen molar-refractivity contribution in [1.29, 1.82) is 0 Å². The first-order valence-corrected chi connectivity index (χ1v) is 12.9. The smallest absolute Gasteiger partial charge is 0.410 e. The number of carboxylic acids is 1. The Bertz CT molecular complexity index is 1170. The van der Waals surface area contributed by atoms with Crippen molar-refractivity contribution in [1.82, 2.24) is 10.2 Å². The van der Waals surface area contributed by atoms with Gasteiger partial charge in [-0.15, -0.1) is 0 Å². The maximum Gasteiger partial charge on any atom is 0.410 e. The van der Waals surface area contributed by atoms with E-state index in [-0.39, 0.29) is 25.5 Å². The van der Waals surface area contributed by atoms with Gasteiger partial charge in [0.1, 0.15) is 23.8 Å². The number of rotatable bonds is 7. The fraction of sp³-hybridized carbons (Fsp3) is 0.483. The molecule has 1 aliphatic heterocycles. The number of nitrogens with zero attached hydrogens (tertiary/aromatic N) is 1. The number of esters is 1. The van der Waals surface area contributed by atoms with Gasteiger partial charge in [-0.25, -0.2) is 9.59 Å². The Morgan fingerprint density at radius 2 is 1.62 bits per heavy atom. The third-order valence-corrected chi connectivity index (χ3v) is 7.44. The second kappa shape index (κ2) is 9.49. The summed E-state index contributed by atoms with van der Waals surface area (Å²) in [5, 5.41) is 13.3. The number of carboxylic acid groups (broad SMARTS) is 1. The third kappa shape index (κ3) is 5.07. The van der Waals surface area contributed by atoms with Crippen molar-refractivity contribution in [3.05, 3.63) is 59.7 Å². The predicted octanol–water partition coefficient (Wildman–Crippen LogP) is 4.17. The number of aliphatic carboxylic acids is 1. The van der Waals surface area contributed by atoms with E-state index in [0.717, 1.165) is 35.1 Å². The summed E-state index contributed by atoms with van der Waals surface area (Å²) in [5.74, 6) is -1.43. The third-order valence-electron chi connectivity index (χ3n) is 7.44. The molecule has 0 radical (unpaired) electrons. The van der Waals surface area contributed by atoms with Crippen LogP contribution in [-0.2, 0) is 19.1 Å². The van der Waals surface area contributed by atoms with Gasteiger partial charge < -0.3 is 19.9 Å². The predicted molar refractivity (Wildman–Crippen MR) is 137 cm³/mol. The van der Waals surface area contributed by atoms with Crippen LogP contribution in [0.2, 0.25) is 0 Å². The number of carbonyl (C=O) groups is 3. The highest BCUT2D eigenvalue weighted by atomic mass is 16.6. The number of hydrogen-bond acceptors (Lipinski definition) is 6. The fourth-order valence-corrected chi connectivity index (χ4v) is 5.38. The van der Waals surface area contributed by atoms with Gasteiger partial charge >= 0.3 is 18.0 Å². The average Bonchev–Trinajstić information content (AvgIpc) is 3.51. The first-order chi connectivity index (χ1) is 17.6. The number of ether oxygens (including phenoxy) is 2. The van der Waals surface area contributed by atoms with Crippen LogP contribution in [0.15, 0.2) is 48.5 Å². The van der Waals surface area contributed by atoms with Crippen LogP contribution < -0.4 is 5.32 Å². The van der Waals surface area contributed by atoms with Crippen LogP contribution in [0.1, 0.15) is 57.1 Å². The van der Waals surface area contributed by atoms with E-state index in [1.807, 2.05) is 36.4 Å². The molecule has 2 aromatic carbocycles. The minimum atomic E-state index is -1.43. The monoisotopic (exact) mass is 506 g/mol. The van der Waals surface area contributed by atoms with Crippen molar-refractivity contribution in [2.24, 2.45) is 5.92 Å². The SMILES string of the molecule is CC(C)(C)OC(=O)C1CC(NCC2CC2)(C(=O)O)CN1C(=O)OCC1c2ccccc2-c2ccccc21. The first-order valence-electron chi connectivity index (χ1n) is 12.9. The molecule has 1 saturated heterocycles. The standard InChI is InChI=1S/C29H34N2O6/c1-28(2,3)37-25(32)24-14-29(26(33)34,30-15-18-12-13-18)17-31(24)27(35)36-16-23-21-10-6-4-8-19(21)20-9-5-7-11-22(20)23/h4-11,18,23-24,30H,12-17H2,1-3H3,(H,33,34). The van der Waals surface area contributed by atoms with Crippen molar-refractivity contribution in [3.8, 4) is 11.1 Å². The number of benzene rings is 2. The summed E-state index contributed by atoms with van der Waals surface area (Å²) in [6.07, 6.45) is 1.31. The van der Waals surface area contributed by atoms with Gasteiger partial charge in [0.15, 0.2) is 0 Å². The summed E-state index contributed by atoms with van der Waals surface area (Å²) < 4.78 is 11.4. The molecule has 2 unspecified atom stereocenters. The fourth-order valence-electron chi connectivity index (χ4n) is 5.38. The summed E-state index contributed by atoms with van der Waals surface area (Å²) in [7, 11) is 0. The topological polar surface area (TPSA) is 105 Å². The summed E-state index contributed by atoms with van der Waals surface area (Å²) in [5.41, 5.74) is 2.16. The van der Waals surface area contributed by atoms with E-state index in [0.29, 0.717) is 12.5 Å². The second-order valence-electron chi connectivity index (χ2n) is 11.4. The zero-order chi connectivity index (χ0) is 26.4. The summed E-state index contributed by atoms with van der Waals surface area (Å²) in [6, 6.07) is 15.0. The molecule has 1 saturated carbocycles. The van der Waals surface area contributed by atoms with Gasteiger partial charge in [-0.3, -0.25) is 9.69 Å². The zero-order valence-corrected chi connectivity index (χ0v) is 21.5. The van der Waals surface area contributed by atoms with Crippen LogP contribution in [0.3, 0.4) is 0 Å². The highest BCUT2D eigenvalue weighted by Gasteiger charge is 2.55. The Labute approximate surface area is 216 Å². The van der Waals surface area contributed by atoms with E-state index in [4.69, 9.17) is 9.47 Å². The molecule has 2 atom stereocenters. The summed E-state index contributed by atoms with van der Waals surface area (Å²) >= 11 is 0. The number of hydrogen-bond donors (Lipinski definition) is 2. The van der Waals surface area contributed by atoms with Crippen molar-refractivity contribution >= 4 is 18.0 Å². The highest BCUT2D eigenvalue weighted by Crippen LogP contribution is 2.44. The van der Waals surface area contributed by atoms with Crippen LogP contribution >= 0.6 is 0 Å². The minimum Gasteiger partial charge on any atom is -0.480 e. The molecular formula is C29H34N2O6. The van der Waals surface area contributed by atoms with E-state index in [1.54, 1.807) is 20.8 Å². The molecule has 8 nitrogen and oxygen atoms in total. The molecule has 196 valence electrons. The van der Waals surface area contributed by atoms with Crippen LogP contribution in [0.5, 0.6) is 0 Å². The molecule has 3 aliphatic rings. The first kappa shape index (κ1) is 25.3. The normalized spacial score (nSPS) is 22.9. The van der Waals surface area contributed by atoms with Gasteiger partial charge in [-0.2, -0.15) is 0 Å². The van der Waals surface area contributed by atoms with Crippen LogP contribution in [0.4, 0.5) is 4.79 Å². The summed E-state index contributed by atoms with van der Waals surface area (Å²) in [4.78, 5) is 40.2. The number of amides is 1. The Morgan fingerprint density at radius 3 is 2.16 bits per heavy atom. The number of likely N-dealkylation sites (tertiary alicyclic amines) is 1. The van der Waals surface area contributed by atoms with E-state index >= 15 is 0 Å². The number of nitrogens with one attached hydrogen (secondary N) is 1. The van der Waals surface area contributed by atoms with Gasteiger partial charge in [-0.1, -0.05) is 48.5 Å². The molecular weight excluding hydrogens is 472 g/mol. The van der Waals surface area contributed by atoms with Gasteiger partial charge in [0.05, 0.1) is 6.54 Å². The number of carbonyl (C=O) groups excluding carboxylic acids is 2. The Kier molecular flexibility index (Phi) is 6.48. The van der Waals surface area contributed by atoms with Crippen LogP contribution in [0.25, 0.3) is 11.1 Å². The molecule has 37 heavy (non-hydrogen) atoms. The van der Waals surface area contributed by atoms with Crippen molar-refractivity contribution in [2.45, 2.75) is 63.1 Å². The lowest BCUT2D eigenvalue weighted by Gasteiger charge is -2.27. The highest BCUT2D eigenvalue weighted by molar-refractivity contribution is 5.88. The summed E-state index contributed by atoms with van der Waals surface area (Å²) in [6.45, 7) is 5.68. The maximum absolute atomic E-state index is 13.4.